The largest absolute Gasteiger partial charge is 0.368 e. The van der Waals surface area contributed by atoms with E-state index in [-0.39, 0.29) is 11.8 Å². The van der Waals surface area contributed by atoms with Crippen molar-refractivity contribution in [1.29, 1.82) is 0 Å². The van der Waals surface area contributed by atoms with Crippen molar-refractivity contribution >= 4 is 11.8 Å². The van der Waals surface area contributed by atoms with E-state index in [4.69, 9.17) is 5.73 Å². The number of carbonyl (C=O) groups is 2. The van der Waals surface area contributed by atoms with Gasteiger partial charge in [-0.1, -0.05) is 105 Å². The molecule has 4 nitrogen and oxygen atoms in total. The maximum atomic E-state index is 14.0. The Labute approximate surface area is 178 Å². The Morgan fingerprint density at radius 1 is 0.767 bits per heavy atom. The monoisotopic (exact) mass is 400 g/mol. The Kier molecular flexibility index (Phi) is 6.68. The summed E-state index contributed by atoms with van der Waals surface area (Å²) in [7, 11) is 0. The Morgan fingerprint density at radius 2 is 1.13 bits per heavy atom. The molecular formula is C26H28N2O2. The second-order valence-electron chi connectivity index (χ2n) is 7.91. The number of hydrogen-bond acceptors (Lipinski definition) is 2. The Balaban J connectivity index is 2.23. The predicted octanol–water partition coefficient (Wildman–Crippen LogP) is 4.04. The lowest BCUT2D eigenvalue weighted by Crippen LogP contribution is -2.53. The molecule has 3 aromatic rings. The summed E-state index contributed by atoms with van der Waals surface area (Å²) in [5.41, 5.74) is 7.00. The summed E-state index contributed by atoms with van der Waals surface area (Å²) in [6.45, 7) is 4.00. The predicted molar refractivity (Wildman–Crippen MR) is 120 cm³/mol. The zero-order valence-electron chi connectivity index (χ0n) is 17.4. The van der Waals surface area contributed by atoms with Crippen LogP contribution in [0.15, 0.2) is 91.0 Å². The highest BCUT2D eigenvalue weighted by atomic mass is 16.2. The van der Waals surface area contributed by atoms with Crippen LogP contribution in [0.5, 0.6) is 0 Å². The topological polar surface area (TPSA) is 72.2 Å². The van der Waals surface area contributed by atoms with Gasteiger partial charge in [-0.25, -0.2) is 0 Å². The maximum absolute atomic E-state index is 14.0. The van der Waals surface area contributed by atoms with Crippen LogP contribution in [-0.4, -0.2) is 17.9 Å². The van der Waals surface area contributed by atoms with Crippen LogP contribution in [0.2, 0.25) is 0 Å². The van der Waals surface area contributed by atoms with Crippen molar-refractivity contribution in [2.45, 2.75) is 31.7 Å². The highest BCUT2D eigenvalue weighted by Crippen LogP contribution is 2.39. The van der Waals surface area contributed by atoms with Crippen LogP contribution < -0.4 is 11.1 Å². The van der Waals surface area contributed by atoms with Crippen molar-refractivity contribution in [3.63, 3.8) is 0 Å². The van der Waals surface area contributed by atoms with Gasteiger partial charge in [-0.15, -0.1) is 0 Å². The van der Waals surface area contributed by atoms with Crippen LogP contribution in [0.3, 0.4) is 0 Å². The van der Waals surface area contributed by atoms with Gasteiger partial charge in [-0.2, -0.15) is 0 Å². The van der Waals surface area contributed by atoms with Gasteiger partial charge in [0.1, 0.15) is 11.5 Å². The summed E-state index contributed by atoms with van der Waals surface area (Å²) in [5.74, 6) is -0.585. The second kappa shape index (κ2) is 9.40. The minimum absolute atomic E-state index is 0.211. The molecule has 0 bridgehead atoms. The van der Waals surface area contributed by atoms with E-state index in [1.54, 1.807) is 0 Å². The summed E-state index contributed by atoms with van der Waals surface area (Å²) in [6.07, 6.45) is 0.482. The van der Waals surface area contributed by atoms with Crippen LogP contribution in [0.4, 0.5) is 0 Å². The standard InChI is InChI=1S/C26H28N2O2/c1-19(2)18-23(24(27)29)28-25(30)26(20-12-6-3-7-13-20,21-14-8-4-9-15-21)22-16-10-5-11-17-22/h3-17,19,23H,18H2,1-2H3,(H2,27,29)(H,28,30)/t23-/m1/s1. The molecule has 0 radical (unpaired) electrons. The number of nitrogens with two attached hydrogens (primary N) is 1. The maximum Gasteiger partial charge on any atom is 0.240 e. The lowest BCUT2D eigenvalue weighted by Gasteiger charge is -2.35. The normalized spacial score (nSPS) is 12.4. The SMILES string of the molecule is CC(C)C[C@@H](NC(=O)C(c1ccccc1)(c1ccccc1)c1ccccc1)C(N)=O. The molecular weight excluding hydrogens is 372 g/mol. The van der Waals surface area contributed by atoms with Crippen LogP contribution in [0.25, 0.3) is 0 Å². The van der Waals surface area contributed by atoms with Gasteiger partial charge in [-0.3, -0.25) is 9.59 Å². The van der Waals surface area contributed by atoms with Gasteiger partial charge >= 0.3 is 0 Å². The van der Waals surface area contributed by atoms with Crippen molar-refractivity contribution in [1.82, 2.24) is 5.32 Å². The van der Waals surface area contributed by atoms with Crippen LogP contribution in [-0.2, 0) is 15.0 Å². The molecule has 30 heavy (non-hydrogen) atoms. The van der Waals surface area contributed by atoms with Crippen LogP contribution in [0.1, 0.15) is 37.0 Å². The molecule has 3 aromatic carbocycles. The molecule has 0 saturated heterocycles. The number of benzene rings is 3. The van der Waals surface area contributed by atoms with E-state index in [9.17, 15) is 9.59 Å². The van der Waals surface area contributed by atoms with Crippen molar-refractivity contribution in [3.05, 3.63) is 108 Å². The molecule has 0 heterocycles. The third-order valence-electron chi connectivity index (χ3n) is 5.32. The van der Waals surface area contributed by atoms with E-state index in [0.717, 1.165) is 16.7 Å². The summed E-state index contributed by atoms with van der Waals surface area (Å²) in [4.78, 5) is 26.2. The number of amides is 2. The zero-order valence-corrected chi connectivity index (χ0v) is 17.4. The second-order valence-corrected chi connectivity index (χ2v) is 7.91. The minimum Gasteiger partial charge on any atom is -0.368 e. The Morgan fingerprint density at radius 3 is 1.43 bits per heavy atom. The molecule has 0 fully saturated rings. The lowest BCUT2D eigenvalue weighted by atomic mass is 9.68. The molecule has 0 aromatic heterocycles. The van der Waals surface area contributed by atoms with E-state index in [2.05, 4.69) is 5.32 Å². The molecule has 4 heteroatoms. The minimum atomic E-state index is -1.12. The highest BCUT2D eigenvalue weighted by Gasteiger charge is 2.44. The number of carbonyl (C=O) groups excluding carboxylic acids is 2. The van der Waals surface area contributed by atoms with Gasteiger partial charge in [0.2, 0.25) is 11.8 Å². The fourth-order valence-corrected chi connectivity index (χ4v) is 3.94. The zero-order chi connectivity index (χ0) is 21.6. The molecule has 0 spiro atoms. The lowest BCUT2D eigenvalue weighted by molar-refractivity contribution is -0.129. The van der Waals surface area contributed by atoms with E-state index in [1.165, 1.54) is 0 Å². The molecule has 1 atom stereocenters. The van der Waals surface area contributed by atoms with Gasteiger partial charge in [0.05, 0.1) is 0 Å². The van der Waals surface area contributed by atoms with Crippen molar-refractivity contribution < 1.29 is 9.59 Å². The average molecular weight is 401 g/mol. The number of nitrogens with one attached hydrogen (secondary N) is 1. The Bertz CT molecular complexity index is 873. The summed E-state index contributed by atoms with van der Waals surface area (Å²) < 4.78 is 0. The first-order valence-corrected chi connectivity index (χ1v) is 10.2. The molecule has 0 aliphatic carbocycles. The van der Waals surface area contributed by atoms with Crippen molar-refractivity contribution in [2.75, 3.05) is 0 Å². The van der Waals surface area contributed by atoms with Gasteiger partial charge in [0.15, 0.2) is 0 Å². The summed E-state index contributed by atoms with van der Waals surface area (Å²) in [5, 5.41) is 2.97. The smallest absolute Gasteiger partial charge is 0.240 e. The molecule has 0 saturated carbocycles. The van der Waals surface area contributed by atoms with Gasteiger partial charge in [0, 0.05) is 0 Å². The van der Waals surface area contributed by atoms with E-state index >= 15 is 0 Å². The number of rotatable bonds is 8. The Hall–Kier alpha value is -3.40. The fourth-order valence-electron chi connectivity index (χ4n) is 3.94. The van der Waals surface area contributed by atoms with E-state index in [0.29, 0.717) is 6.42 Å². The van der Waals surface area contributed by atoms with Crippen molar-refractivity contribution in [2.24, 2.45) is 11.7 Å². The van der Waals surface area contributed by atoms with Crippen molar-refractivity contribution in [3.8, 4) is 0 Å². The molecule has 3 N–H and O–H groups in total. The van der Waals surface area contributed by atoms with Crippen LogP contribution >= 0.6 is 0 Å². The summed E-state index contributed by atoms with van der Waals surface area (Å²) >= 11 is 0. The number of hydrogen-bond donors (Lipinski definition) is 2. The van der Waals surface area contributed by atoms with E-state index < -0.39 is 17.4 Å². The number of primary amides is 1. The molecule has 0 aliphatic heterocycles. The van der Waals surface area contributed by atoms with Crippen LogP contribution in [0, 0.1) is 5.92 Å². The van der Waals surface area contributed by atoms with Gasteiger partial charge < -0.3 is 11.1 Å². The third kappa shape index (κ3) is 4.28. The first-order valence-electron chi connectivity index (χ1n) is 10.2. The van der Waals surface area contributed by atoms with E-state index in [1.807, 2.05) is 105 Å². The van der Waals surface area contributed by atoms with Gasteiger partial charge in [-0.05, 0) is 29.0 Å². The summed E-state index contributed by atoms with van der Waals surface area (Å²) in [6, 6.07) is 28.2. The highest BCUT2D eigenvalue weighted by molar-refractivity contribution is 5.98. The molecule has 0 aliphatic rings. The molecule has 3 rings (SSSR count). The van der Waals surface area contributed by atoms with Gasteiger partial charge in [0.25, 0.3) is 0 Å². The fraction of sp³-hybridized carbons (Fsp3) is 0.231. The quantitative estimate of drug-likeness (QED) is 0.560. The first-order chi connectivity index (χ1) is 14.5. The molecule has 2 amide bonds. The molecule has 0 unspecified atom stereocenters. The first kappa shape index (κ1) is 21.3. The average Bonchev–Trinajstić information content (AvgIpc) is 2.76. The third-order valence-corrected chi connectivity index (χ3v) is 5.32. The molecule has 154 valence electrons.